The molecule has 1 nitrogen and oxygen atoms in total. The van der Waals surface area contributed by atoms with Crippen LogP contribution in [0.25, 0.3) is 10.1 Å². The molecule has 0 fully saturated rings. The van der Waals surface area contributed by atoms with Crippen molar-refractivity contribution in [1.82, 2.24) is 0 Å². The molecule has 1 aromatic carbocycles. The number of fused-ring (bicyclic) bond motifs is 1. The Hall–Kier alpha value is -0.860. The molecule has 0 amide bonds. The molecule has 0 aliphatic rings. The number of hydrogen-bond acceptors (Lipinski definition) is 2. The summed E-state index contributed by atoms with van der Waals surface area (Å²) >= 11 is 1.85. The van der Waals surface area contributed by atoms with Gasteiger partial charge in [-0.15, -0.1) is 11.3 Å². The van der Waals surface area contributed by atoms with E-state index in [1.807, 2.05) is 18.3 Å². The highest BCUT2D eigenvalue weighted by molar-refractivity contribution is 7.19. The van der Waals surface area contributed by atoms with E-state index in [0.717, 1.165) is 6.42 Å². The Morgan fingerprint density at radius 3 is 2.85 bits per heavy atom. The molecule has 0 radical (unpaired) electrons. The zero-order chi connectivity index (χ0) is 9.26. The van der Waals surface area contributed by atoms with Crippen molar-refractivity contribution in [3.8, 4) is 0 Å². The Balaban J connectivity index is 2.38. The molecule has 2 rings (SSSR count). The predicted octanol–water partition coefficient (Wildman–Crippen LogP) is 2.79. The van der Waals surface area contributed by atoms with E-state index in [2.05, 4.69) is 30.3 Å². The first-order chi connectivity index (χ1) is 6.25. The standard InChI is InChI=1S/C11H13NS/c1-8(12)6-10-7-9-4-2-3-5-11(9)13-10/h2-5,7-8H,6,12H2,1H3. The second kappa shape index (κ2) is 3.48. The lowest BCUT2D eigenvalue weighted by Crippen LogP contribution is -2.16. The summed E-state index contributed by atoms with van der Waals surface area (Å²) in [7, 11) is 0. The summed E-state index contributed by atoms with van der Waals surface area (Å²) in [5.41, 5.74) is 5.75. The van der Waals surface area contributed by atoms with E-state index in [1.54, 1.807) is 0 Å². The quantitative estimate of drug-likeness (QED) is 0.776. The van der Waals surface area contributed by atoms with Crippen LogP contribution in [0.1, 0.15) is 11.8 Å². The Morgan fingerprint density at radius 1 is 1.38 bits per heavy atom. The molecular formula is C11H13NS. The molecule has 0 saturated heterocycles. The van der Waals surface area contributed by atoms with Crippen molar-refractivity contribution in [2.45, 2.75) is 19.4 Å². The molecule has 1 atom stereocenters. The van der Waals surface area contributed by atoms with Crippen LogP contribution < -0.4 is 5.73 Å². The van der Waals surface area contributed by atoms with Crippen LogP contribution >= 0.6 is 11.3 Å². The summed E-state index contributed by atoms with van der Waals surface area (Å²) in [6.45, 7) is 2.05. The van der Waals surface area contributed by atoms with Crippen LogP contribution in [0.5, 0.6) is 0 Å². The number of rotatable bonds is 2. The first-order valence-electron chi connectivity index (χ1n) is 4.49. The summed E-state index contributed by atoms with van der Waals surface area (Å²) in [6.07, 6.45) is 0.985. The lowest BCUT2D eigenvalue weighted by atomic mass is 10.2. The third-order valence-corrected chi connectivity index (χ3v) is 3.14. The van der Waals surface area contributed by atoms with Crippen molar-refractivity contribution < 1.29 is 0 Å². The second-order valence-corrected chi connectivity index (χ2v) is 4.60. The van der Waals surface area contributed by atoms with Gasteiger partial charge in [0.25, 0.3) is 0 Å². The molecule has 2 heteroatoms. The highest BCUT2D eigenvalue weighted by Crippen LogP contribution is 2.25. The van der Waals surface area contributed by atoms with Gasteiger partial charge >= 0.3 is 0 Å². The molecule has 1 aromatic heterocycles. The molecule has 2 aromatic rings. The van der Waals surface area contributed by atoms with E-state index >= 15 is 0 Å². The van der Waals surface area contributed by atoms with Gasteiger partial charge in [-0.05, 0) is 30.9 Å². The summed E-state index contributed by atoms with van der Waals surface area (Å²) < 4.78 is 1.36. The van der Waals surface area contributed by atoms with Crippen molar-refractivity contribution in [3.63, 3.8) is 0 Å². The van der Waals surface area contributed by atoms with Crippen LogP contribution in [-0.2, 0) is 6.42 Å². The van der Waals surface area contributed by atoms with E-state index in [1.165, 1.54) is 15.0 Å². The van der Waals surface area contributed by atoms with Gasteiger partial charge in [-0.3, -0.25) is 0 Å². The molecule has 1 unspecified atom stereocenters. The molecule has 13 heavy (non-hydrogen) atoms. The van der Waals surface area contributed by atoms with Crippen LogP contribution in [0, 0.1) is 0 Å². The Bertz CT molecular complexity index is 370. The maximum Gasteiger partial charge on any atom is 0.0345 e. The van der Waals surface area contributed by atoms with E-state index in [9.17, 15) is 0 Å². The first kappa shape index (κ1) is 8.73. The van der Waals surface area contributed by atoms with Crippen LogP contribution in [0.3, 0.4) is 0 Å². The molecule has 1 heterocycles. The van der Waals surface area contributed by atoms with Crippen molar-refractivity contribution in [2.75, 3.05) is 0 Å². The van der Waals surface area contributed by atoms with Gasteiger partial charge in [0, 0.05) is 15.6 Å². The smallest absolute Gasteiger partial charge is 0.0345 e. The molecule has 0 saturated carbocycles. The third kappa shape index (κ3) is 1.90. The van der Waals surface area contributed by atoms with Gasteiger partial charge < -0.3 is 5.73 Å². The summed E-state index contributed by atoms with van der Waals surface area (Å²) in [5, 5.41) is 1.34. The van der Waals surface area contributed by atoms with Gasteiger partial charge in [-0.25, -0.2) is 0 Å². The predicted molar refractivity (Wildman–Crippen MR) is 59.2 cm³/mol. The molecule has 0 aliphatic carbocycles. The van der Waals surface area contributed by atoms with Gasteiger partial charge in [0.1, 0.15) is 0 Å². The van der Waals surface area contributed by atoms with Gasteiger partial charge in [-0.2, -0.15) is 0 Å². The largest absolute Gasteiger partial charge is 0.328 e. The van der Waals surface area contributed by atoms with Crippen molar-refractivity contribution in [2.24, 2.45) is 5.73 Å². The topological polar surface area (TPSA) is 26.0 Å². The fourth-order valence-electron chi connectivity index (χ4n) is 1.45. The molecule has 0 aliphatic heterocycles. The Labute approximate surface area is 82.2 Å². The molecule has 68 valence electrons. The highest BCUT2D eigenvalue weighted by Gasteiger charge is 2.02. The lowest BCUT2D eigenvalue weighted by Gasteiger charge is -1.99. The zero-order valence-electron chi connectivity index (χ0n) is 7.66. The summed E-state index contributed by atoms with van der Waals surface area (Å²) in [6, 6.07) is 11.0. The normalized spacial score (nSPS) is 13.4. The molecule has 0 spiro atoms. The Kier molecular flexibility index (Phi) is 2.34. The monoisotopic (exact) mass is 191 g/mol. The number of benzene rings is 1. The Morgan fingerprint density at radius 2 is 2.15 bits per heavy atom. The number of hydrogen-bond donors (Lipinski definition) is 1. The molecule has 0 bridgehead atoms. The van der Waals surface area contributed by atoms with Crippen LogP contribution in [0.15, 0.2) is 30.3 Å². The van der Waals surface area contributed by atoms with Gasteiger partial charge in [0.05, 0.1) is 0 Å². The fourth-order valence-corrected chi connectivity index (χ4v) is 2.66. The van der Waals surface area contributed by atoms with Crippen molar-refractivity contribution >= 4 is 21.4 Å². The highest BCUT2D eigenvalue weighted by atomic mass is 32.1. The zero-order valence-corrected chi connectivity index (χ0v) is 8.47. The fraction of sp³-hybridized carbons (Fsp3) is 0.273. The lowest BCUT2D eigenvalue weighted by molar-refractivity contribution is 0.747. The minimum Gasteiger partial charge on any atom is -0.328 e. The second-order valence-electron chi connectivity index (χ2n) is 3.43. The van der Waals surface area contributed by atoms with Gasteiger partial charge in [0.15, 0.2) is 0 Å². The number of thiophene rings is 1. The average Bonchev–Trinajstić information content (AvgIpc) is 2.44. The summed E-state index contributed by atoms with van der Waals surface area (Å²) in [4.78, 5) is 1.39. The van der Waals surface area contributed by atoms with Crippen LogP contribution in [0.4, 0.5) is 0 Å². The van der Waals surface area contributed by atoms with E-state index < -0.39 is 0 Å². The van der Waals surface area contributed by atoms with E-state index in [4.69, 9.17) is 5.73 Å². The van der Waals surface area contributed by atoms with E-state index in [-0.39, 0.29) is 6.04 Å². The third-order valence-electron chi connectivity index (χ3n) is 2.00. The molecule has 2 N–H and O–H groups in total. The van der Waals surface area contributed by atoms with Crippen LogP contribution in [0.2, 0.25) is 0 Å². The van der Waals surface area contributed by atoms with Crippen molar-refractivity contribution in [3.05, 3.63) is 35.2 Å². The van der Waals surface area contributed by atoms with Gasteiger partial charge in [-0.1, -0.05) is 18.2 Å². The minimum absolute atomic E-state index is 0.257. The SMILES string of the molecule is CC(N)Cc1cc2ccccc2s1. The number of nitrogens with two attached hydrogens (primary N) is 1. The minimum atomic E-state index is 0.257. The van der Waals surface area contributed by atoms with Gasteiger partial charge in [0.2, 0.25) is 0 Å². The average molecular weight is 191 g/mol. The van der Waals surface area contributed by atoms with E-state index in [0.29, 0.717) is 0 Å². The van der Waals surface area contributed by atoms with Crippen LogP contribution in [-0.4, -0.2) is 6.04 Å². The summed E-state index contributed by atoms with van der Waals surface area (Å²) in [5.74, 6) is 0. The maximum absolute atomic E-state index is 5.75. The first-order valence-corrected chi connectivity index (χ1v) is 5.30. The van der Waals surface area contributed by atoms with Crippen molar-refractivity contribution in [1.29, 1.82) is 0 Å². The molecular weight excluding hydrogens is 178 g/mol. The maximum atomic E-state index is 5.75.